The summed E-state index contributed by atoms with van der Waals surface area (Å²) in [4.78, 5) is 12.7. The molecule has 3 rings (SSSR count). The van der Waals surface area contributed by atoms with Crippen LogP contribution in [0, 0.1) is 17.8 Å². The van der Waals surface area contributed by atoms with Crippen molar-refractivity contribution < 1.29 is 9.53 Å². The van der Waals surface area contributed by atoms with Crippen LogP contribution in [0.3, 0.4) is 0 Å². The normalized spacial score (nSPS) is 25.3. The molecule has 2 nitrogen and oxygen atoms in total. The number of hydrogen-bond donors (Lipinski definition) is 0. The standard InChI is InChI=1S/C19H26O2/c1-13-6-7-16-14(8-13)15(20)9-19(21-16)11-17(2,3)10-18(4,5)12-19/h6-8H,9-12H2,1-5H3. The molecule has 0 aromatic heterocycles. The molecular formula is C19H26O2. The Balaban J connectivity index is 2.01. The van der Waals surface area contributed by atoms with E-state index in [0.717, 1.165) is 29.7 Å². The first-order chi connectivity index (χ1) is 9.60. The monoisotopic (exact) mass is 286 g/mol. The van der Waals surface area contributed by atoms with Gasteiger partial charge in [0.05, 0.1) is 12.0 Å². The van der Waals surface area contributed by atoms with Gasteiger partial charge in [0.15, 0.2) is 5.78 Å². The van der Waals surface area contributed by atoms with Crippen LogP contribution in [0.25, 0.3) is 0 Å². The first kappa shape index (κ1) is 14.6. The van der Waals surface area contributed by atoms with Gasteiger partial charge in [-0.3, -0.25) is 4.79 Å². The number of fused-ring (bicyclic) bond motifs is 1. The van der Waals surface area contributed by atoms with Crippen molar-refractivity contribution in [1.82, 2.24) is 0 Å². The van der Waals surface area contributed by atoms with E-state index < -0.39 is 0 Å². The highest BCUT2D eigenvalue weighted by Crippen LogP contribution is 2.54. The summed E-state index contributed by atoms with van der Waals surface area (Å²) in [6.45, 7) is 11.2. The molecule has 0 unspecified atom stereocenters. The fourth-order valence-corrected chi connectivity index (χ4v) is 5.03. The van der Waals surface area contributed by atoms with Crippen LogP contribution in [-0.2, 0) is 0 Å². The van der Waals surface area contributed by atoms with Gasteiger partial charge >= 0.3 is 0 Å². The molecule has 1 aromatic rings. The maximum atomic E-state index is 12.7. The van der Waals surface area contributed by atoms with Gasteiger partial charge in [-0.05, 0) is 49.1 Å². The third kappa shape index (κ3) is 2.73. The molecular weight excluding hydrogens is 260 g/mol. The summed E-state index contributed by atoms with van der Waals surface area (Å²) < 4.78 is 6.44. The van der Waals surface area contributed by atoms with Crippen LogP contribution in [0.4, 0.5) is 0 Å². The van der Waals surface area contributed by atoms with Crippen molar-refractivity contribution in [2.75, 3.05) is 0 Å². The molecule has 0 atom stereocenters. The molecule has 1 aliphatic carbocycles. The van der Waals surface area contributed by atoms with Crippen LogP contribution in [0.5, 0.6) is 5.75 Å². The fraction of sp³-hybridized carbons (Fsp3) is 0.632. The molecule has 1 aliphatic heterocycles. The van der Waals surface area contributed by atoms with Crippen molar-refractivity contribution in [2.24, 2.45) is 10.8 Å². The number of ketones is 1. The second kappa shape index (κ2) is 4.34. The summed E-state index contributed by atoms with van der Waals surface area (Å²) in [6, 6.07) is 5.96. The number of benzene rings is 1. The molecule has 0 bridgehead atoms. The third-order valence-corrected chi connectivity index (χ3v) is 4.80. The zero-order chi connectivity index (χ0) is 15.5. The quantitative estimate of drug-likeness (QED) is 0.675. The van der Waals surface area contributed by atoms with Crippen molar-refractivity contribution in [3.05, 3.63) is 29.3 Å². The van der Waals surface area contributed by atoms with E-state index in [0.29, 0.717) is 6.42 Å². The van der Waals surface area contributed by atoms with E-state index in [4.69, 9.17) is 4.74 Å². The Kier molecular flexibility index (Phi) is 3.02. The van der Waals surface area contributed by atoms with Crippen LogP contribution in [0.2, 0.25) is 0 Å². The molecule has 0 amide bonds. The average molecular weight is 286 g/mol. The third-order valence-electron chi connectivity index (χ3n) is 4.80. The van der Waals surface area contributed by atoms with Crippen LogP contribution in [0.1, 0.15) is 69.3 Å². The van der Waals surface area contributed by atoms with Gasteiger partial charge in [0.25, 0.3) is 0 Å². The van der Waals surface area contributed by atoms with Crippen LogP contribution < -0.4 is 4.74 Å². The summed E-state index contributed by atoms with van der Waals surface area (Å²) in [5, 5.41) is 0. The van der Waals surface area contributed by atoms with E-state index in [1.165, 1.54) is 6.42 Å². The lowest BCUT2D eigenvalue weighted by atomic mass is 9.58. The van der Waals surface area contributed by atoms with Crippen molar-refractivity contribution >= 4 is 5.78 Å². The molecule has 1 aromatic carbocycles. The highest BCUT2D eigenvalue weighted by atomic mass is 16.5. The van der Waals surface area contributed by atoms with E-state index >= 15 is 0 Å². The number of ether oxygens (including phenoxy) is 1. The summed E-state index contributed by atoms with van der Waals surface area (Å²) in [7, 11) is 0. The SMILES string of the molecule is Cc1ccc2c(c1)C(=O)CC1(CC(C)(C)CC(C)(C)C1)O2. The molecule has 1 fully saturated rings. The highest BCUT2D eigenvalue weighted by Gasteiger charge is 2.51. The molecule has 0 saturated heterocycles. The zero-order valence-electron chi connectivity index (χ0n) is 13.9. The summed E-state index contributed by atoms with van der Waals surface area (Å²) in [6.07, 6.45) is 3.63. The van der Waals surface area contributed by atoms with Crippen LogP contribution in [-0.4, -0.2) is 11.4 Å². The Hall–Kier alpha value is -1.31. The molecule has 1 saturated carbocycles. The summed E-state index contributed by atoms with van der Waals surface area (Å²) in [5.41, 5.74) is 1.99. The first-order valence-electron chi connectivity index (χ1n) is 7.93. The van der Waals surface area contributed by atoms with Gasteiger partial charge < -0.3 is 4.74 Å². The summed E-state index contributed by atoms with van der Waals surface area (Å²) >= 11 is 0. The van der Waals surface area contributed by atoms with Gasteiger partial charge in [-0.1, -0.05) is 39.3 Å². The lowest BCUT2D eigenvalue weighted by molar-refractivity contribution is -0.0714. The maximum Gasteiger partial charge on any atom is 0.170 e. The predicted octanol–water partition coefficient (Wildman–Crippen LogP) is 4.94. The Morgan fingerprint density at radius 1 is 1.00 bits per heavy atom. The minimum absolute atomic E-state index is 0.213. The smallest absolute Gasteiger partial charge is 0.170 e. The van der Waals surface area contributed by atoms with Crippen molar-refractivity contribution in [3.63, 3.8) is 0 Å². The van der Waals surface area contributed by atoms with Gasteiger partial charge in [-0.2, -0.15) is 0 Å². The molecule has 1 heterocycles. The molecule has 0 N–H and O–H groups in total. The number of hydrogen-bond acceptors (Lipinski definition) is 2. The number of carbonyl (C=O) groups excluding carboxylic acids is 1. The Labute approximate surface area is 127 Å². The predicted molar refractivity (Wildman–Crippen MR) is 84.9 cm³/mol. The molecule has 21 heavy (non-hydrogen) atoms. The van der Waals surface area contributed by atoms with Gasteiger partial charge in [0.2, 0.25) is 0 Å². The van der Waals surface area contributed by atoms with Gasteiger partial charge in [0.1, 0.15) is 11.4 Å². The van der Waals surface area contributed by atoms with Crippen molar-refractivity contribution in [3.8, 4) is 5.75 Å². The van der Waals surface area contributed by atoms with Crippen LogP contribution >= 0.6 is 0 Å². The summed E-state index contributed by atoms with van der Waals surface area (Å²) in [5.74, 6) is 1.03. The number of aryl methyl sites for hydroxylation is 1. The minimum Gasteiger partial charge on any atom is -0.486 e. The Morgan fingerprint density at radius 2 is 1.62 bits per heavy atom. The Bertz CT molecular complexity index is 580. The molecule has 2 heteroatoms. The minimum atomic E-state index is -0.315. The average Bonchev–Trinajstić information content (AvgIpc) is 2.25. The van der Waals surface area contributed by atoms with E-state index in [1.54, 1.807) is 0 Å². The molecule has 0 radical (unpaired) electrons. The highest BCUT2D eigenvalue weighted by molar-refractivity contribution is 6.00. The van der Waals surface area contributed by atoms with Crippen molar-refractivity contribution in [2.45, 2.75) is 65.9 Å². The van der Waals surface area contributed by atoms with E-state index in [9.17, 15) is 4.79 Å². The van der Waals surface area contributed by atoms with E-state index in [2.05, 4.69) is 27.7 Å². The Morgan fingerprint density at radius 3 is 2.24 bits per heavy atom. The lowest BCUT2D eigenvalue weighted by Gasteiger charge is -2.52. The first-order valence-corrected chi connectivity index (χ1v) is 7.93. The number of Topliss-reactive ketones (excluding diaryl/α,β-unsaturated/α-hetero) is 1. The van der Waals surface area contributed by atoms with Crippen molar-refractivity contribution in [1.29, 1.82) is 0 Å². The van der Waals surface area contributed by atoms with E-state index in [-0.39, 0.29) is 22.2 Å². The van der Waals surface area contributed by atoms with E-state index in [1.807, 2.05) is 25.1 Å². The molecule has 114 valence electrons. The zero-order valence-corrected chi connectivity index (χ0v) is 13.9. The maximum absolute atomic E-state index is 12.7. The van der Waals surface area contributed by atoms with Gasteiger partial charge in [0, 0.05) is 0 Å². The topological polar surface area (TPSA) is 26.3 Å². The van der Waals surface area contributed by atoms with Gasteiger partial charge in [-0.25, -0.2) is 0 Å². The number of carbonyl (C=O) groups is 1. The van der Waals surface area contributed by atoms with Gasteiger partial charge in [-0.15, -0.1) is 0 Å². The van der Waals surface area contributed by atoms with Crippen LogP contribution in [0.15, 0.2) is 18.2 Å². The number of rotatable bonds is 0. The second-order valence-corrected chi connectivity index (χ2v) is 8.74. The largest absolute Gasteiger partial charge is 0.486 e. The molecule has 2 aliphatic rings. The lowest BCUT2D eigenvalue weighted by Crippen LogP contribution is -2.52. The molecule has 1 spiro atoms. The second-order valence-electron chi connectivity index (χ2n) is 8.74. The fourth-order valence-electron chi connectivity index (χ4n) is 5.03.